The van der Waals surface area contributed by atoms with E-state index in [2.05, 4.69) is 10.3 Å². The van der Waals surface area contributed by atoms with E-state index in [9.17, 15) is 9.59 Å². The molecule has 3 aromatic rings. The van der Waals surface area contributed by atoms with Crippen LogP contribution < -0.4 is 5.32 Å². The molecule has 2 amide bonds. The summed E-state index contributed by atoms with van der Waals surface area (Å²) in [7, 11) is 0. The van der Waals surface area contributed by atoms with Gasteiger partial charge in [-0.2, -0.15) is 0 Å². The van der Waals surface area contributed by atoms with Crippen LogP contribution in [0.3, 0.4) is 0 Å². The smallest absolute Gasteiger partial charge is 0.275 e. The average molecular weight is 407 g/mol. The highest BCUT2D eigenvalue weighted by Gasteiger charge is 2.21. The summed E-state index contributed by atoms with van der Waals surface area (Å²) in [5, 5.41) is 2.91. The number of benzene rings is 1. The van der Waals surface area contributed by atoms with Gasteiger partial charge >= 0.3 is 0 Å². The molecule has 7 heteroatoms. The quantitative estimate of drug-likeness (QED) is 0.643. The number of furan rings is 1. The number of nitrogens with one attached hydrogen (secondary N) is 1. The topological polar surface area (TPSA) is 88.6 Å². The lowest BCUT2D eigenvalue weighted by Gasteiger charge is -2.25. The molecule has 156 valence electrons. The number of carbonyl (C=O) groups is 2. The number of amides is 2. The molecule has 0 bridgehead atoms. The number of aromatic nitrogens is 1. The van der Waals surface area contributed by atoms with Gasteiger partial charge in [-0.25, -0.2) is 4.98 Å². The van der Waals surface area contributed by atoms with Crippen LogP contribution in [0, 0.1) is 0 Å². The number of nitrogens with zero attached hydrogens (tertiary/aromatic N) is 2. The molecule has 0 radical (unpaired) electrons. The maximum atomic E-state index is 12.5. The first-order valence-electron chi connectivity index (χ1n) is 10.3. The van der Waals surface area contributed by atoms with Gasteiger partial charge in [-0.3, -0.25) is 9.59 Å². The van der Waals surface area contributed by atoms with Crippen LogP contribution >= 0.6 is 0 Å². The molecule has 1 N–H and O–H groups in total. The van der Waals surface area contributed by atoms with Crippen molar-refractivity contribution in [2.24, 2.45) is 0 Å². The summed E-state index contributed by atoms with van der Waals surface area (Å²) in [5.41, 5.74) is 2.11. The number of hydrogen-bond donors (Lipinski definition) is 1. The van der Waals surface area contributed by atoms with Crippen molar-refractivity contribution in [2.75, 3.05) is 13.1 Å². The Hall–Kier alpha value is -3.35. The summed E-state index contributed by atoms with van der Waals surface area (Å²) in [6.07, 6.45) is 7.25. The van der Waals surface area contributed by atoms with Gasteiger partial charge in [-0.1, -0.05) is 12.1 Å². The van der Waals surface area contributed by atoms with Gasteiger partial charge in [0.25, 0.3) is 5.91 Å². The van der Waals surface area contributed by atoms with Crippen LogP contribution in [0.25, 0.3) is 11.5 Å². The van der Waals surface area contributed by atoms with Gasteiger partial charge < -0.3 is 19.1 Å². The molecule has 0 atom stereocenters. The molecule has 1 aliphatic rings. The summed E-state index contributed by atoms with van der Waals surface area (Å²) < 4.78 is 10.8. The Balaban J connectivity index is 1.29. The van der Waals surface area contributed by atoms with Crippen LogP contribution in [-0.2, 0) is 17.8 Å². The lowest BCUT2D eigenvalue weighted by Crippen LogP contribution is -2.35. The van der Waals surface area contributed by atoms with Crippen molar-refractivity contribution in [3.8, 4) is 11.5 Å². The lowest BCUT2D eigenvalue weighted by atomic mass is 10.1. The zero-order valence-electron chi connectivity index (χ0n) is 16.8. The van der Waals surface area contributed by atoms with Crippen LogP contribution in [0.4, 0.5) is 0 Å². The van der Waals surface area contributed by atoms with E-state index >= 15 is 0 Å². The van der Waals surface area contributed by atoms with Crippen molar-refractivity contribution in [3.05, 3.63) is 65.9 Å². The Bertz CT molecular complexity index is 970. The standard InChI is InChI=1S/C23H25N3O4/c27-21(11-10-19-5-4-14-29-19)24-15-17-6-8-18(9-7-17)22-25-20(16-30-22)23(28)26-12-2-1-3-13-26/h4-9,14,16H,1-3,10-13,15H2,(H,24,27). The number of oxazole rings is 1. The van der Waals surface area contributed by atoms with E-state index in [0.717, 1.165) is 42.8 Å². The molecule has 1 aliphatic heterocycles. The van der Waals surface area contributed by atoms with Gasteiger partial charge in [0.1, 0.15) is 12.0 Å². The molecule has 1 aromatic carbocycles. The number of piperidine rings is 1. The second-order valence-electron chi connectivity index (χ2n) is 7.44. The van der Waals surface area contributed by atoms with E-state index in [-0.39, 0.29) is 11.8 Å². The highest BCUT2D eigenvalue weighted by Crippen LogP contribution is 2.21. The van der Waals surface area contributed by atoms with Crippen molar-refractivity contribution in [1.29, 1.82) is 0 Å². The predicted octanol–water partition coefficient (Wildman–Crippen LogP) is 3.81. The van der Waals surface area contributed by atoms with E-state index in [1.807, 2.05) is 41.3 Å². The normalized spacial score (nSPS) is 13.9. The SMILES string of the molecule is O=C(CCc1ccco1)NCc1ccc(-c2nc(C(=O)N3CCCCC3)co2)cc1. The Labute approximate surface area is 175 Å². The van der Waals surface area contributed by atoms with Crippen LogP contribution in [0.1, 0.15) is 47.5 Å². The van der Waals surface area contributed by atoms with E-state index in [1.165, 1.54) is 12.7 Å². The fraction of sp³-hybridized carbons (Fsp3) is 0.348. The third-order valence-electron chi connectivity index (χ3n) is 5.24. The fourth-order valence-corrected chi connectivity index (χ4v) is 3.51. The van der Waals surface area contributed by atoms with E-state index in [0.29, 0.717) is 31.0 Å². The molecular weight excluding hydrogens is 382 g/mol. The summed E-state index contributed by atoms with van der Waals surface area (Å²) in [4.78, 5) is 30.7. The van der Waals surface area contributed by atoms with Crippen molar-refractivity contribution in [3.63, 3.8) is 0 Å². The Kier molecular flexibility index (Phi) is 6.27. The van der Waals surface area contributed by atoms with Crippen molar-refractivity contribution < 1.29 is 18.4 Å². The summed E-state index contributed by atoms with van der Waals surface area (Å²) in [6, 6.07) is 11.3. The third kappa shape index (κ3) is 4.97. The minimum atomic E-state index is -0.0708. The van der Waals surface area contributed by atoms with Crippen molar-refractivity contribution in [1.82, 2.24) is 15.2 Å². The van der Waals surface area contributed by atoms with Gasteiger partial charge in [0.05, 0.1) is 6.26 Å². The van der Waals surface area contributed by atoms with Crippen LogP contribution in [-0.4, -0.2) is 34.8 Å². The molecule has 1 fully saturated rings. The second-order valence-corrected chi connectivity index (χ2v) is 7.44. The van der Waals surface area contributed by atoms with E-state index < -0.39 is 0 Å². The fourth-order valence-electron chi connectivity index (χ4n) is 3.51. The van der Waals surface area contributed by atoms with Gasteiger partial charge in [-0.05, 0) is 49.1 Å². The first-order valence-corrected chi connectivity index (χ1v) is 10.3. The molecular formula is C23H25N3O4. The molecule has 2 aromatic heterocycles. The molecule has 0 aliphatic carbocycles. The Morgan fingerprint density at radius 3 is 2.57 bits per heavy atom. The Morgan fingerprint density at radius 2 is 1.83 bits per heavy atom. The van der Waals surface area contributed by atoms with Crippen molar-refractivity contribution >= 4 is 11.8 Å². The number of aryl methyl sites for hydroxylation is 1. The van der Waals surface area contributed by atoms with E-state index in [1.54, 1.807) is 6.26 Å². The predicted molar refractivity (Wildman–Crippen MR) is 111 cm³/mol. The number of hydrogen-bond acceptors (Lipinski definition) is 5. The van der Waals surface area contributed by atoms with Crippen LogP contribution in [0.5, 0.6) is 0 Å². The minimum Gasteiger partial charge on any atom is -0.469 e. The second kappa shape index (κ2) is 9.43. The molecule has 0 saturated carbocycles. The maximum Gasteiger partial charge on any atom is 0.275 e. The highest BCUT2D eigenvalue weighted by molar-refractivity contribution is 5.92. The summed E-state index contributed by atoms with van der Waals surface area (Å²) in [5.74, 6) is 1.13. The monoisotopic (exact) mass is 407 g/mol. The zero-order valence-corrected chi connectivity index (χ0v) is 16.8. The van der Waals surface area contributed by atoms with E-state index in [4.69, 9.17) is 8.83 Å². The molecule has 3 heterocycles. The lowest BCUT2D eigenvalue weighted by molar-refractivity contribution is -0.121. The summed E-state index contributed by atoms with van der Waals surface area (Å²) >= 11 is 0. The molecule has 7 nitrogen and oxygen atoms in total. The number of rotatable bonds is 7. The summed E-state index contributed by atoms with van der Waals surface area (Å²) in [6.45, 7) is 2.01. The van der Waals surface area contributed by atoms with Gasteiger partial charge in [-0.15, -0.1) is 0 Å². The van der Waals surface area contributed by atoms with Crippen LogP contribution in [0.15, 0.2) is 57.8 Å². The molecule has 30 heavy (non-hydrogen) atoms. The first-order chi connectivity index (χ1) is 14.7. The minimum absolute atomic E-state index is 0.0240. The van der Waals surface area contributed by atoms with Crippen LogP contribution in [0.2, 0.25) is 0 Å². The first kappa shape index (κ1) is 19.9. The largest absolute Gasteiger partial charge is 0.469 e. The third-order valence-corrected chi connectivity index (χ3v) is 5.24. The molecule has 0 spiro atoms. The molecule has 0 unspecified atom stereocenters. The number of likely N-dealkylation sites (tertiary alicyclic amines) is 1. The van der Waals surface area contributed by atoms with Gasteiger partial charge in [0.15, 0.2) is 5.69 Å². The van der Waals surface area contributed by atoms with Gasteiger partial charge in [0, 0.05) is 38.0 Å². The molecule has 1 saturated heterocycles. The number of carbonyl (C=O) groups excluding carboxylic acids is 2. The zero-order chi connectivity index (χ0) is 20.8. The van der Waals surface area contributed by atoms with Crippen molar-refractivity contribution in [2.45, 2.75) is 38.6 Å². The highest BCUT2D eigenvalue weighted by atomic mass is 16.3. The van der Waals surface area contributed by atoms with Gasteiger partial charge in [0.2, 0.25) is 11.8 Å². The molecule has 4 rings (SSSR count). The average Bonchev–Trinajstić information content (AvgIpc) is 3.49. The Morgan fingerprint density at radius 1 is 1.03 bits per heavy atom. The maximum absolute atomic E-state index is 12.5.